The molecule has 2 aliphatic rings. The van der Waals surface area contributed by atoms with Gasteiger partial charge in [0.15, 0.2) is 17.9 Å². The number of aromatic nitrogens is 3. The number of thiophene rings is 1. The Balaban J connectivity index is 1.38. The number of oxime groups is 1. The number of carbonyl (C=O) groups excluding carboxylic acids is 4. The van der Waals surface area contributed by atoms with Gasteiger partial charge in [-0.05, 0) is 6.07 Å². The van der Waals surface area contributed by atoms with Crippen LogP contribution in [0.1, 0.15) is 5.82 Å². The number of hydrogen-bond donors (Lipinski definition) is 3. The van der Waals surface area contributed by atoms with Crippen molar-refractivity contribution < 1.29 is 33.7 Å². The molecule has 5 rings (SSSR count). The first-order chi connectivity index (χ1) is 18.3. The van der Waals surface area contributed by atoms with Gasteiger partial charge in [-0.25, -0.2) is 0 Å². The van der Waals surface area contributed by atoms with Crippen molar-refractivity contribution in [2.75, 3.05) is 23.9 Å². The molecule has 2 atom stereocenters. The number of nitrogen functional groups attached to an aromatic ring is 1. The highest BCUT2D eigenvalue weighted by Crippen LogP contribution is 2.40. The van der Waals surface area contributed by atoms with Crippen molar-refractivity contribution in [1.29, 1.82) is 0 Å². The molecule has 3 aromatic rings. The molecule has 14 nitrogen and oxygen atoms in total. The van der Waals surface area contributed by atoms with Gasteiger partial charge in [-0.3, -0.25) is 19.3 Å². The molecule has 4 N–H and O–H groups in total. The second kappa shape index (κ2) is 10.3. The monoisotopic (exact) mass is 574 g/mol. The van der Waals surface area contributed by atoms with Crippen LogP contribution in [0, 0.1) is 0 Å². The van der Waals surface area contributed by atoms with Crippen LogP contribution >= 0.6 is 34.6 Å². The average Bonchev–Trinajstić information content (AvgIpc) is 3.52. The Labute approximate surface area is 226 Å². The number of carboxylic acid groups (broad SMARTS) is 1. The van der Waals surface area contributed by atoms with Gasteiger partial charge in [-0.1, -0.05) is 16.5 Å². The molecule has 5 heterocycles. The van der Waals surface area contributed by atoms with E-state index in [1.54, 1.807) is 17.6 Å². The molecule has 1 saturated heterocycles. The summed E-state index contributed by atoms with van der Waals surface area (Å²) in [5, 5.41) is 23.1. The molecule has 0 aliphatic carbocycles. The number of aliphatic carboxylic acids is 1. The lowest BCUT2D eigenvalue weighted by atomic mass is 10.0. The maximum Gasteiger partial charge on any atom is 0.278 e. The highest BCUT2D eigenvalue weighted by Gasteiger charge is 2.53. The highest BCUT2D eigenvalue weighted by molar-refractivity contribution is 8.00. The fraction of sp³-hybridized carbons (Fsp3) is 0.238. The van der Waals surface area contributed by atoms with Crippen LogP contribution in [0.2, 0.25) is 0 Å². The summed E-state index contributed by atoms with van der Waals surface area (Å²) >= 11 is 3.57. The summed E-state index contributed by atoms with van der Waals surface area (Å²) < 4.78 is 5.79. The Morgan fingerprint density at radius 1 is 1.45 bits per heavy atom. The summed E-state index contributed by atoms with van der Waals surface area (Å²) in [6.45, 7) is 0.184. The normalized spacial score (nSPS) is 19.1. The second-order valence-electron chi connectivity index (χ2n) is 7.95. The SMILES string of the molecule is CO/N=C(\C(=O)NC1C(=O)N2C(C(=O)[O-])=C(C[n+]3cccc4c(NC=O)csc43)CS[C@H]12)c1nsc(N)n1. The van der Waals surface area contributed by atoms with Crippen molar-refractivity contribution in [1.82, 2.24) is 19.6 Å². The van der Waals surface area contributed by atoms with E-state index >= 15 is 0 Å². The van der Waals surface area contributed by atoms with Gasteiger partial charge in [-0.15, -0.1) is 11.8 Å². The smallest absolute Gasteiger partial charge is 0.278 e. The third kappa shape index (κ3) is 4.44. The summed E-state index contributed by atoms with van der Waals surface area (Å²) in [6.07, 6.45) is 2.38. The molecule has 2 aliphatic heterocycles. The summed E-state index contributed by atoms with van der Waals surface area (Å²) in [5.41, 5.74) is 6.21. The van der Waals surface area contributed by atoms with E-state index in [-0.39, 0.29) is 34.7 Å². The lowest BCUT2D eigenvalue weighted by molar-refractivity contribution is -0.661. The van der Waals surface area contributed by atoms with E-state index in [4.69, 9.17) is 10.6 Å². The quantitative estimate of drug-likeness (QED) is 0.0903. The first-order valence-corrected chi connectivity index (χ1v) is 13.5. The van der Waals surface area contributed by atoms with Gasteiger partial charge in [0.05, 0.1) is 22.7 Å². The number of nitrogens with two attached hydrogens (primary N) is 1. The minimum Gasteiger partial charge on any atom is -0.543 e. The van der Waals surface area contributed by atoms with Crippen LogP contribution in [0.25, 0.3) is 10.2 Å². The van der Waals surface area contributed by atoms with Crippen LogP contribution in [0.5, 0.6) is 0 Å². The number of β-lactam (4-membered cyclic amide) rings is 1. The lowest BCUT2D eigenvalue weighted by Gasteiger charge is -2.50. The minimum absolute atomic E-state index is 0.0596. The van der Waals surface area contributed by atoms with Crippen molar-refractivity contribution >= 4 is 85.6 Å². The van der Waals surface area contributed by atoms with Gasteiger partial charge in [0.2, 0.25) is 17.9 Å². The number of pyridine rings is 1. The number of amides is 3. The summed E-state index contributed by atoms with van der Waals surface area (Å²) in [4.78, 5) is 59.6. The average molecular weight is 575 g/mol. The topological polar surface area (TPSA) is 196 Å². The molecule has 3 amide bonds. The molecular weight excluding hydrogens is 556 g/mol. The van der Waals surface area contributed by atoms with Crippen molar-refractivity contribution in [3.63, 3.8) is 0 Å². The molecule has 3 aromatic heterocycles. The first kappa shape index (κ1) is 25.6. The fourth-order valence-corrected chi connectivity index (χ4v) is 6.93. The Morgan fingerprint density at radius 2 is 2.26 bits per heavy atom. The number of hydrogen-bond acceptors (Lipinski definition) is 13. The summed E-state index contributed by atoms with van der Waals surface area (Å²) in [7, 11) is 1.24. The molecule has 196 valence electrons. The highest BCUT2D eigenvalue weighted by atomic mass is 32.2. The van der Waals surface area contributed by atoms with Crippen molar-refractivity contribution in [2.24, 2.45) is 5.16 Å². The van der Waals surface area contributed by atoms with Crippen molar-refractivity contribution in [2.45, 2.75) is 18.0 Å². The zero-order chi connectivity index (χ0) is 27.0. The Hall–Kier alpha value is -4.09. The molecule has 0 aromatic carbocycles. The Bertz CT molecular complexity index is 1530. The number of thioether (sulfide) groups is 1. The second-order valence-corrected chi connectivity index (χ2v) is 10.7. The number of anilines is 2. The standard InChI is InChI=1S/C21H18N8O6S3/c1-35-26-12(15-25-21(22)38-27-15)16(31)24-13-17(32)29-14(20(33)34)9(6-36-19(13)29)5-28-4-2-3-10-11(23-8-30)7-37-18(10)28/h2-4,7-8,13,19H,5-6H2,1H3,(H4-,22,23,24,25,27,30,31,33,34)/b26-12-/t13?,19-/m1/s1. The molecule has 17 heteroatoms. The summed E-state index contributed by atoms with van der Waals surface area (Å²) in [5.74, 6) is -2.65. The molecule has 0 spiro atoms. The predicted molar refractivity (Wildman–Crippen MR) is 137 cm³/mol. The Kier molecular flexibility index (Phi) is 6.96. The van der Waals surface area contributed by atoms with E-state index in [0.717, 1.165) is 26.6 Å². The minimum atomic E-state index is -1.49. The number of nitrogens with one attached hydrogen (secondary N) is 2. The van der Waals surface area contributed by atoms with E-state index in [0.29, 0.717) is 17.7 Å². The van der Waals surface area contributed by atoms with Crippen molar-refractivity contribution in [3.8, 4) is 0 Å². The first-order valence-electron chi connectivity index (χ1n) is 10.8. The van der Waals surface area contributed by atoms with E-state index in [1.165, 1.54) is 30.2 Å². The third-order valence-electron chi connectivity index (χ3n) is 5.75. The van der Waals surface area contributed by atoms with Gasteiger partial charge in [0.25, 0.3) is 16.6 Å². The van der Waals surface area contributed by atoms with Gasteiger partial charge in [-0.2, -0.15) is 13.9 Å². The summed E-state index contributed by atoms with van der Waals surface area (Å²) in [6, 6.07) is 2.62. The molecule has 0 saturated carbocycles. The molecule has 0 bridgehead atoms. The van der Waals surface area contributed by atoms with Crippen LogP contribution in [0.15, 0.2) is 40.1 Å². The maximum absolute atomic E-state index is 13.1. The number of rotatable bonds is 9. The maximum atomic E-state index is 13.1. The van der Waals surface area contributed by atoms with E-state index in [9.17, 15) is 24.3 Å². The number of fused-ring (bicyclic) bond motifs is 2. The zero-order valence-electron chi connectivity index (χ0n) is 19.4. The van der Waals surface area contributed by atoms with Crippen LogP contribution in [-0.4, -0.2) is 68.4 Å². The number of carboxylic acids is 1. The lowest BCUT2D eigenvalue weighted by Crippen LogP contribution is -2.71. The molecule has 1 unspecified atom stereocenters. The van der Waals surface area contributed by atoms with Gasteiger partial charge < -0.3 is 31.1 Å². The third-order valence-corrected chi connectivity index (χ3v) is 8.67. The van der Waals surface area contributed by atoms with Gasteiger partial charge in [0, 0.05) is 34.3 Å². The van der Waals surface area contributed by atoms with Crippen LogP contribution in [0.3, 0.4) is 0 Å². The molecule has 38 heavy (non-hydrogen) atoms. The van der Waals surface area contributed by atoms with Crippen LogP contribution < -0.4 is 26.0 Å². The molecule has 1 fully saturated rings. The fourth-order valence-electron chi connectivity index (χ4n) is 4.17. The molecular formula is C21H18N8O6S3. The Morgan fingerprint density at radius 3 is 2.95 bits per heavy atom. The van der Waals surface area contributed by atoms with E-state index in [2.05, 4.69) is 25.1 Å². The van der Waals surface area contributed by atoms with E-state index in [1.807, 2.05) is 10.6 Å². The van der Waals surface area contributed by atoms with E-state index < -0.39 is 29.2 Å². The number of carbonyl (C=O) groups is 4. The molecule has 0 radical (unpaired) electrons. The van der Waals surface area contributed by atoms with Crippen LogP contribution in [0.4, 0.5) is 10.8 Å². The van der Waals surface area contributed by atoms with Crippen LogP contribution in [-0.2, 0) is 30.6 Å². The van der Waals surface area contributed by atoms with Gasteiger partial charge in [0.1, 0.15) is 18.5 Å². The predicted octanol–water partition coefficient (Wildman–Crippen LogP) is -1.35. The largest absolute Gasteiger partial charge is 0.543 e. The zero-order valence-corrected chi connectivity index (χ0v) is 21.9. The number of nitrogens with zero attached hydrogens (tertiary/aromatic N) is 5. The van der Waals surface area contributed by atoms with Crippen molar-refractivity contribution in [3.05, 3.63) is 40.8 Å². The van der Waals surface area contributed by atoms with Gasteiger partial charge >= 0.3 is 0 Å².